The van der Waals surface area contributed by atoms with Gasteiger partial charge in [-0.3, -0.25) is 9.59 Å². The molecule has 4 nitrogen and oxygen atoms in total. The van der Waals surface area contributed by atoms with Crippen LogP contribution in [0.2, 0.25) is 0 Å². The molecule has 0 aromatic heterocycles. The van der Waals surface area contributed by atoms with Gasteiger partial charge >= 0.3 is 0 Å². The second-order valence-corrected chi connectivity index (χ2v) is 3.81. The number of benzene rings is 1. The van der Waals surface area contributed by atoms with E-state index in [1.165, 1.54) is 0 Å². The Hall–Kier alpha value is -1.84. The summed E-state index contributed by atoms with van der Waals surface area (Å²) in [5.74, 6) is 0.245. The normalized spacial score (nSPS) is 11.7. The highest BCUT2D eigenvalue weighted by molar-refractivity contribution is 5.82. The molecule has 0 saturated carbocycles. The lowest BCUT2D eigenvalue weighted by Crippen LogP contribution is -2.36. The van der Waals surface area contributed by atoms with E-state index in [-0.39, 0.29) is 5.91 Å². The van der Waals surface area contributed by atoms with E-state index in [1.54, 1.807) is 19.1 Å². The minimum atomic E-state index is -0.614. The molecule has 0 spiro atoms. The van der Waals surface area contributed by atoms with E-state index in [2.05, 4.69) is 5.32 Å². The summed E-state index contributed by atoms with van der Waals surface area (Å²) in [5, 5.41) is 2.66. The number of ether oxygens (including phenoxy) is 1. The Kier molecular flexibility index (Phi) is 4.69. The lowest BCUT2D eigenvalue weighted by atomic mass is 10.1. The Morgan fingerprint density at radius 1 is 1.53 bits per heavy atom. The van der Waals surface area contributed by atoms with Crippen LogP contribution in [0.15, 0.2) is 18.2 Å². The van der Waals surface area contributed by atoms with Crippen LogP contribution in [-0.4, -0.2) is 24.8 Å². The summed E-state index contributed by atoms with van der Waals surface area (Å²) < 4.78 is 5.46. The molecule has 1 N–H and O–H groups in total. The second kappa shape index (κ2) is 6.03. The molecule has 1 unspecified atom stereocenters. The van der Waals surface area contributed by atoms with Crippen molar-refractivity contribution >= 4 is 12.2 Å². The summed E-state index contributed by atoms with van der Waals surface area (Å²) >= 11 is 0. The van der Waals surface area contributed by atoms with Crippen molar-refractivity contribution in [3.8, 4) is 5.75 Å². The Labute approximate surface area is 101 Å². The van der Waals surface area contributed by atoms with E-state index in [4.69, 9.17) is 4.74 Å². The Balaban J connectivity index is 2.80. The average molecular weight is 235 g/mol. The number of carbonyl (C=O) groups excluding carboxylic acids is 2. The van der Waals surface area contributed by atoms with Crippen molar-refractivity contribution < 1.29 is 14.3 Å². The molecule has 1 aromatic carbocycles. The average Bonchev–Trinajstić information content (AvgIpc) is 2.31. The van der Waals surface area contributed by atoms with E-state index in [1.807, 2.05) is 19.9 Å². The first-order valence-corrected chi connectivity index (χ1v) is 5.58. The summed E-state index contributed by atoms with van der Waals surface area (Å²) in [5.41, 5.74) is 1.44. The standard InChI is InChI=1S/C13H17NO3/c1-4-14-13(16)10(3)17-12-6-5-9(2)7-11(12)8-15/h5-8,10H,4H2,1-3H3,(H,14,16). The van der Waals surface area contributed by atoms with Gasteiger partial charge in [-0.2, -0.15) is 0 Å². The van der Waals surface area contributed by atoms with Gasteiger partial charge in [-0.15, -0.1) is 0 Å². The maximum atomic E-state index is 11.5. The number of aryl methyl sites for hydroxylation is 1. The van der Waals surface area contributed by atoms with E-state index in [9.17, 15) is 9.59 Å². The third-order valence-electron chi connectivity index (χ3n) is 2.32. The first-order valence-electron chi connectivity index (χ1n) is 5.58. The molecule has 1 rings (SSSR count). The first-order chi connectivity index (χ1) is 8.08. The molecule has 0 saturated heterocycles. The third-order valence-corrected chi connectivity index (χ3v) is 2.32. The second-order valence-electron chi connectivity index (χ2n) is 3.81. The third kappa shape index (κ3) is 3.59. The first kappa shape index (κ1) is 13.2. The summed E-state index contributed by atoms with van der Waals surface area (Å²) in [4.78, 5) is 22.4. The van der Waals surface area contributed by atoms with Crippen LogP contribution < -0.4 is 10.1 Å². The highest BCUT2D eigenvalue weighted by Gasteiger charge is 2.15. The van der Waals surface area contributed by atoms with Gasteiger partial charge in [-0.05, 0) is 32.9 Å². The van der Waals surface area contributed by atoms with Crippen LogP contribution in [-0.2, 0) is 4.79 Å². The molecular formula is C13H17NO3. The zero-order chi connectivity index (χ0) is 12.8. The molecule has 1 aromatic rings. The molecule has 0 aliphatic rings. The fourth-order valence-corrected chi connectivity index (χ4v) is 1.43. The molecule has 0 radical (unpaired) electrons. The van der Waals surface area contributed by atoms with Crippen molar-refractivity contribution in [1.82, 2.24) is 5.32 Å². The van der Waals surface area contributed by atoms with Crippen molar-refractivity contribution in [2.24, 2.45) is 0 Å². The predicted molar refractivity (Wildman–Crippen MR) is 65.3 cm³/mol. The van der Waals surface area contributed by atoms with Crippen LogP contribution in [0.1, 0.15) is 29.8 Å². The highest BCUT2D eigenvalue weighted by atomic mass is 16.5. The number of likely N-dealkylation sites (N-methyl/N-ethyl adjacent to an activating group) is 1. The summed E-state index contributed by atoms with van der Waals surface area (Å²) in [6, 6.07) is 5.27. The monoisotopic (exact) mass is 235 g/mol. The number of amides is 1. The topological polar surface area (TPSA) is 55.4 Å². The van der Waals surface area contributed by atoms with Gasteiger partial charge in [-0.25, -0.2) is 0 Å². The quantitative estimate of drug-likeness (QED) is 0.790. The Bertz CT molecular complexity index is 415. The van der Waals surface area contributed by atoms with Gasteiger partial charge in [0.05, 0.1) is 5.56 Å². The fourth-order valence-electron chi connectivity index (χ4n) is 1.43. The Morgan fingerprint density at radius 3 is 2.82 bits per heavy atom. The van der Waals surface area contributed by atoms with Crippen LogP contribution in [0.5, 0.6) is 5.75 Å². The van der Waals surface area contributed by atoms with Crippen LogP contribution in [0.4, 0.5) is 0 Å². The van der Waals surface area contributed by atoms with Gasteiger partial charge in [0.15, 0.2) is 12.4 Å². The number of hydrogen-bond acceptors (Lipinski definition) is 3. The van der Waals surface area contributed by atoms with Crippen molar-refractivity contribution in [1.29, 1.82) is 0 Å². The van der Waals surface area contributed by atoms with Crippen molar-refractivity contribution in [2.75, 3.05) is 6.54 Å². The molecule has 1 amide bonds. The number of nitrogens with one attached hydrogen (secondary N) is 1. The minimum absolute atomic E-state index is 0.190. The predicted octanol–water partition coefficient (Wildman–Crippen LogP) is 1.71. The van der Waals surface area contributed by atoms with Gasteiger partial charge in [0, 0.05) is 6.54 Å². The molecule has 0 fully saturated rings. The maximum absolute atomic E-state index is 11.5. The maximum Gasteiger partial charge on any atom is 0.260 e. The van der Waals surface area contributed by atoms with Crippen molar-refractivity contribution in [3.63, 3.8) is 0 Å². The summed E-state index contributed by atoms with van der Waals surface area (Å²) in [6.07, 6.45) is 0.114. The SMILES string of the molecule is CCNC(=O)C(C)Oc1ccc(C)cc1C=O. The lowest BCUT2D eigenvalue weighted by Gasteiger charge is -2.15. The highest BCUT2D eigenvalue weighted by Crippen LogP contribution is 2.19. The molecular weight excluding hydrogens is 218 g/mol. The molecule has 1 atom stereocenters. The van der Waals surface area contributed by atoms with Gasteiger partial charge in [0.1, 0.15) is 5.75 Å². The van der Waals surface area contributed by atoms with Crippen LogP contribution in [0.3, 0.4) is 0 Å². The molecule has 4 heteroatoms. The van der Waals surface area contributed by atoms with Crippen molar-refractivity contribution in [2.45, 2.75) is 26.9 Å². The van der Waals surface area contributed by atoms with E-state index < -0.39 is 6.10 Å². The van der Waals surface area contributed by atoms with E-state index >= 15 is 0 Å². The molecule has 0 bridgehead atoms. The van der Waals surface area contributed by atoms with Gasteiger partial charge < -0.3 is 10.1 Å². The summed E-state index contributed by atoms with van der Waals surface area (Å²) in [7, 11) is 0. The number of rotatable bonds is 5. The van der Waals surface area contributed by atoms with Crippen LogP contribution in [0.25, 0.3) is 0 Å². The smallest absolute Gasteiger partial charge is 0.260 e. The molecule has 0 aliphatic heterocycles. The number of aldehydes is 1. The largest absolute Gasteiger partial charge is 0.480 e. The summed E-state index contributed by atoms with van der Waals surface area (Å²) in [6.45, 7) is 5.94. The lowest BCUT2D eigenvalue weighted by molar-refractivity contribution is -0.127. The molecule has 0 aliphatic carbocycles. The van der Waals surface area contributed by atoms with Gasteiger partial charge in [0.25, 0.3) is 5.91 Å². The molecule has 92 valence electrons. The number of hydrogen-bond donors (Lipinski definition) is 1. The minimum Gasteiger partial charge on any atom is -0.480 e. The van der Waals surface area contributed by atoms with Crippen molar-refractivity contribution in [3.05, 3.63) is 29.3 Å². The van der Waals surface area contributed by atoms with E-state index in [0.29, 0.717) is 17.9 Å². The van der Waals surface area contributed by atoms with E-state index in [0.717, 1.165) is 11.8 Å². The number of carbonyl (C=O) groups is 2. The molecule has 17 heavy (non-hydrogen) atoms. The van der Waals surface area contributed by atoms with Gasteiger partial charge in [0.2, 0.25) is 0 Å². The van der Waals surface area contributed by atoms with Gasteiger partial charge in [-0.1, -0.05) is 11.6 Å². The van der Waals surface area contributed by atoms with Crippen LogP contribution in [0, 0.1) is 6.92 Å². The zero-order valence-electron chi connectivity index (χ0n) is 10.3. The fraction of sp³-hybridized carbons (Fsp3) is 0.385. The molecule has 0 heterocycles. The van der Waals surface area contributed by atoms with Crippen LogP contribution >= 0.6 is 0 Å². The Morgan fingerprint density at radius 2 is 2.24 bits per heavy atom. The zero-order valence-corrected chi connectivity index (χ0v) is 10.3.